The van der Waals surface area contributed by atoms with Gasteiger partial charge in [0.25, 0.3) is 11.7 Å². The number of carbonyl (C=O) groups is 2. The SMILES string of the molecule is COc1ccc(/C(O)=C2/C(=O)C(=O)N(c3ccc(C#N)cc3)C2c2ccc(O)c([N+](=O)[O-])c2)cc1Br. The van der Waals surface area contributed by atoms with Gasteiger partial charge in [-0.15, -0.1) is 0 Å². The lowest BCUT2D eigenvalue weighted by molar-refractivity contribution is -0.385. The highest BCUT2D eigenvalue weighted by Gasteiger charge is 2.47. The molecule has 10 nitrogen and oxygen atoms in total. The first kappa shape index (κ1) is 24.4. The maximum atomic E-state index is 13.2. The number of methoxy groups -OCH3 is 1. The van der Waals surface area contributed by atoms with Gasteiger partial charge in [0, 0.05) is 17.3 Å². The van der Waals surface area contributed by atoms with Crippen LogP contribution in [0.5, 0.6) is 11.5 Å². The average Bonchev–Trinajstić information content (AvgIpc) is 3.14. The van der Waals surface area contributed by atoms with Crippen molar-refractivity contribution in [2.45, 2.75) is 6.04 Å². The molecule has 1 aliphatic rings. The number of nitro groups is 1. The molecule has 0 saturated carbocycles. The minimum absolute atomic E-state index is 0.109. The van der Waals surface area contributed by atoms with E-state index in [9.17, 15) is 29.9 Å². The number of phenolic OH excluding ortho intramolecular Hbond substituents is 1. The van der Waals surface area contributed by atoms with Gasteiger partial charge in [0.1, 0.15) is 11.5 Å². The van der Waals surface area contributed by atoms with Gasteiger partial charge in [-0.1, -0.05) is 6.07 Å². The quantitative estimate of drug-likeness (QED) is 0.154. The van der Waals surface area contributed by atoms with E-state index < -0.39 is 39.9 Å². The van der Waals surface area contributed by atoms with Crippen LogP contribution in [0.15, 0.2) is 70.7 Å². The van der Waals surface area contributed by atoms with E-state index in [2.05, 4.69) is 15.9 Å². The van der Waals surface area contributed by atoms with Crippen LogP contribution in [-0.4, -0.2) is 33.9 Å². The van der Waals surface area contributed by atoms with Crippen molar-refractivity contribution in [3.8, 4) is 17.6 Å². The summed E-state index contributed by atoms with van der Waals surface area (Å²) in [4.78, 5) is 38.2. The molecule has 1 heterocycles. The van der Waals surface area contributed by atoms with Crippen molar-refractivity contribution in [1.82, 2.24) is 0 Å². The molecule has 1 atom stereocenters. The molecule has 0 spiro atoms. The fraction of sp³-hybridized carbons (Fsp3) is 0.0800. The number of aliphatic hydroxyl groups excluding tert-OH is 1. The van der Waals surface area contributed by atoms with Gasteiger partial charge in [0.15, 0.2) is 5.75 Å². The van der Waals surface area contributed by atoms with Crippen LogP contribution in [0.3, 0.4) is 0 Å². The van der Waals surface area contributed by atoms with Gasteiger partial charge in [0.05, 0.1) is 39.8 Å². The zero-order chi connectivity index (χ0) is 26.1. The Labute approximate surface area is 212 Å². The Bertz CT molecular complexity index is 1490. The highest BCUT2D eigenvalue weighted by atomic mass is 79.9. The number of anilines is 1. The van der Waals surface area contributed by atoms with Crippen LogP contribution in [0.25, 0.3) is 5.76 Å². The molecule has 0 aromatic heterocycles. The van der Waals surface area contributed by atoms with Gasteiger partial charge in [-0.25, -0.2) is 0 Å². The molecule has 1 saturated heterocycles. The Morgan fingerprint density at radius 3 is 2.42 bits per heavy atom. The average molecular weight is 550 g/mol. The molecular formula is C25H16BrN3O7. The Morgan fingerprint density at radius 1 is 1.14 bits per heavy atom. The summed E-state index contributed by atoms with van der Waals surface area (Å²) in [6, 6.07) is 14.5. The molecule has 180 valence electrons. The van der Waals surface area contributed by atoms with E-state index >= 15 is 0 Å². The molecule has 36 heavy (non-hydrogen) atoms. The van der Waals surface area contributed by atoms with Crippen LogP contribution in [0.1, 0.15) is 22.7 Å². The largest absolute Gasteiger partial charge is 0.507 e. The number of Topliss-reactive ketones (excluding diaryl/α,β-unsaturated/α-hetero) is 1. The molecule has 3 aromatic rings. The topological polar surface area (TPSA) is 154 Å². The van der Waals surface area contributed by atoms with Gasteiger partial charge in [0.2, 0.25) is 0 Å². The first-order chi connectivity index (χ1) is 17.2. The Balaban J connectivity index is 1.98. The predicted molar refractivity (Wildman–Crippen MR) is 131 cm³/mol. The van der Waals surface area contributed by atoms with E-state index in [4.69, 9.17) is 10.00 Å². The number of aromatic hydroxyl groups is 1. The number of carbonyl (C=O) groups excluding carboxylic acids is 2. The monoisotopic (exact) mass is 549 g/mol. The number of aliphatic hydroxyl groups is 1. The summed E-state index contributed by atoms with van der Waals surface area (Å²) in [7, 11) is 1.46. The molecule has 1 fully saturated rings. The van der Waals surface area contributed by atoms with E-state index in [1.807, 2.05) is 6.07 Å². The summed E-state index contributed by atoms with van der Waals surface area (Å²) in [6.07, 6.45) is 0. The molecule has 1 unspecified atom stereocenters. The van der Waals surface area contributed by atoms with Crippen LogP contribution in [0.2, 0.25) is 0 Å². The third-order valence-electron chi connectivity index (χ3n) is 5.66. The number of hydrogen-bond acceptors (Lipinski definition) is 8. The molecule has 0 aliphatic carbocycles. The number of ether oxygens (including phenoxy) is 1. The maximum Gasteiger partial charge on any atom is 0.311 e. The number of phenols is 1. The third kappa shape index (κ3) is 4.14. The second-order valence-corrected chi connectivity index (χ2v) is 8.54. The minimum Gasteiger partial charge on any atom is -0.507 e. The van der Waals surface area contributed by atoms with E-state index in [0.29, 0.717) is 15.8 Å². The van der Waals surface area contributed by atoms with Crippen molar-refractivity contribution in [2.75, 3.05) is 12.0 Å². The van der Waals surface area contributed by atoms with Crippen molar-refractivity contribution in [3.63, 3.8) is 0 Å². The molecule has 1 amide bonds. The molecule has 1 aliphatic heterocycles. The number of rotatable bonds is 5. The molecular weight excluding hydrogens is 534 g/mol. The second kappa shape index (κ2) is 9.52. The second-order valence-electron chi connectivity index (χ2n) is 7.68. The number of nitrogens with zero attached hydrogens (tertiary/aromatic N) is 3. The molecule has 0 radical (unpaired) electrons. The first-order valence-corrected chi connectivity index (χ1v) is 11.1. The van der Waals surface area contributed by atoms with Crippen molar-refractivity contribution < 1.29 is 29.5 Å². The number of benzene rings is 3. The lowest BCUT2D eigenvalue weighted by Gasteiger charge is -2.25. The lowest BCUT2D eigenvalue weighted by Crippen LogP contribution is -2.29. The molecule has 0 bridgehead atoms. The predicted octanol–water partition coefficient (Wildman–Crippen LogP) is 4.57. The summed E-state index contributed by atoms with van der Waals surface area (Å²) < 4.78 is 5.67. The lowest BCUT2D eigenvalue weighted by atomic mass is 9.94. The highest BCUT2D eigenvalue weighted by molar-refractivity contribution is 9.10. The minimum atomic E-state index is -1.27. The fourth-order valence-electron chi connectivity index (χ4n) is 3.94. The Kier molecular flexibility index (Phi) is 6.46. The Morgan fingerprint density at radius 2 is 1.83 bits per heavy atom. The number of amides is 1. The number of nitriles is 1. The maximum absolute atomic E-state index is 13.2. The van der Waals surface area contributed by atoms with Crippen LogP contribution in [0.4, 0.5) is 11.4 Å². The summed E-state index contributed by atoms with van der Waals surface area (Å²) in [6.45, 7) is 0. The summed E-state index contributed by atoms with van der Waals surface area (Å²) >= 11 is 3.32. The van der Waals surface area contributed by atoms with Gasteiger partial charge in [-0.05, 0) is 70.0 Å². The standard InChI is InChI=1S/C25H16BrN3O7/c1-36-20-9-5-15(10-17(20)26)23(31)21-22(14-4-8-19(30)18(11-14)29(34)35)28(25(33)24(21)32)16-6-2-13(12-27)3-7-16/h2-11,22,30-31H,1H3/b23-21-. The summed E-state index contributed by atoms with van der Waals surface area (Å²) in [5.41, 5.74) is -0.0930. The number of hydrogen-bond donors (Lipinski definition) is 2. The zero-order valence-corrected chi connectivity index (χ0v) is 20.1. The molecule has 2 N–H and O–H groups in total. The van der Waals surface area contributed by atoms with E-state index in [-0.39, 0.29) is 22.4 Å². The van der Waals surface area contributed by atoms with Crippen molar-refractivity contribution in [3.05, 3.63) is 97.5 Å². The fourth-order valence-corrected chi connectivity index (χ4v) is 4.48. The van der Waals surface area contributed by atoms with Crippen LogP contribution in [-0.2, 0) is 9.59 Å². The van der Waals surface area contributed by atoms with E-state index in [1.165, 1.54) is 49.6 Å². The summed E-state index contributed by atoms with van der Waals surface area (Å²) in [5, 5.41) is 41.7. The van der Waals surface area contributed by atoms with Gasteiger partial charge in [-0.2, -0.15) is 5.26 Å². The highest BCUT2D eigenvalue weighted by Crippen LogP contribution is 2.44. The van der Waals surface area contributed by atoms with Crippen LogP contribution < -0.4 is 9.64 Å². The van der Waals surface area contributed by atoms with E-state index in [0.717, 1.165) is 17.0 Å². The number of nitro benzene ring substituents is 1. The molecule has 4 rings (SSSR count). The van der Waals surface area contributed by atoms with Gasteiger partial charge in [-0.3, -0.25) is 24.6 Å². The molecule has 3 aromatic carbocycles. The van der Waals surface area contributed by atoms with Gasteiger partial charge < -0.3 is 14.9 Å². The Hall–Kier alpha value is -4.69. The van der Waals surface area contributed by atoms with Crippen LogP contribution >= 0.6 is 15.9 Å². The normalized spacial score (nSPS) is 16.6. The molecule has 11 heteroatoms. The van der Waals surface area contributed by atoms with E-state index in [1.54, 1.807) is 6.07 Å². The van der Waals surface area contributed by atoms with Gasteiger partial charge >= 0.3 is 5.69 Å². The third-order valence-corrected chi connectivity index (χ3v) is 6.28. The zero-order valence-electron chi connectivity index (χ0n) is 18.5. The number of ketones is 1. The first-order valence-electron chi connectivity index (χ1n) is 10.3. The van der Waals surface area contributed by atoms with Crippen LogP contribution in [0, 0.1) is 21.4 Å². The van der Waals surface area contributed by atoms with Crippen molar-refractivity contribution >= 4 is 44.8 Å². The van der Waals surface area contributed by atoms with Crippen molar-refractivity contribution in [1.29, 1.82) is 5.26 Å². The smallest absolute Gasteiger partial charge is 0.311 e. The number of halogens is 1. The van der Waals surface area contributed by atoms with Crippen molar-refractivity contribution in [2.24, 2.45) is 0 Å². The summed E-state index contributed by atoms with van der Waals surface area (Å²) in [5.74, 6) is -2.62.